The summed E-state index contributed by atoms with van der Waals surface area (Å²) >= 11 is 3.52. The van der Waals surface area contributed by atoms with Crippen LogP contribution in [0.4, 0.5) is 5.69 Å². The molecule has 0 unspecified atom stereocenters. The summed E-state index contributed by atoms with van der Waals surface area (Å²) < 4.78 is 12.4. The van der Waals surface area contributed by atoms with Gasteiger partial charge in [-0.25, -0.2) is 0 Å². The molecule has 5 heteroatoms. The van der Waals surface area contributed by atoms with Gasteiger partial charge in [0.1, 0.15) is 6.61 Å². The maximum atomic E-state index is 12.6. The van der Waals surface area contributed by atoms with Crippen LogP contribution in [0.25, 0.3) is 0 Å². The van der Waals surface area contributed by atoms with E-state index in [-0.39, 0.29) is 5.91 Å². The second kappa shape index (κ2) is 9.42. The molecule has 0 radical (unpaired) electrons. The standard InChI is InChI=1S/C23H22BrNO3/c1-3-27-21-14-18(23(26)25-19-7-5-4-6-8-19)13-20(24)22(21)28-15-17-11-9-16(2)10-12-17/h4-14H,3,15H2,1-2H3,(H,25,26). The lowest BCUT2D eigenvalue weighted by Crippen LogP contribution is -2.12. The molecule has 0 aromatic heterocycles. The number of ether oxygens (including phenoxy) is 2. The number of anilines is 1. The van der Waals surface area contributed by atoms with E-state index in [9.17, 15) is 4.79 Å². The first-order chi connectivity index (χ1) is 13.6. The van der Waals surface area contributed by atoms with Crippen LogP contribution in [0.5, 0.6) is 11.5 Å². The molecule has 28 heavy (non-hydrogen) atoms. The normalized spacial score (nSPS) is 10.4. The third-order valence-corrected chi connectivity index (χ3v) is 4.70. The molecule has 0 atom stereocenters. The number of halogens is 1. The van der Waals surface area contributed by atoms with Gasteiger partial charge < -0.3 is 14.8 Å². The monoisotopic (exact) mass is 439 g/mol. The van der Waals surface area contributed by atoms with Gasteiger partial charge in [-0.1, -0.05) is 48.0 Å². The van der Waals surface area contributed by atoms with E-state index in [4.69, 9.17) is 9.47 Å². The van der Waals surface area contributed by atoms with E-state index in [1.165, 1.54) is 5.56 Å². The van der Waals surface area contributed by atoms with Crippen molar-refractivity contribution in [2.75, 3.05) is 11.9 Å². The van der Waals surface area contributed by atoms with Crippen LogP contribution < -0.4 is 14.8 Å². The minimum atomic E-state index is -0.210. The number of amides is 1. The molecule has 0 saturated heterocycles. The van der Waals surface area contributed by atoms with Crippen molar-refractivity contribution < 1.29 is 14.3 Å². The molecule has 0 bridgehead atoms. The van der Waals surface area contributed by atoms with Gasteiger partial charge in [0.25, 0.3) is 5.91 Å². The first kappa shape index (κ1) is 20.0. The molecule has 4 nitrogen and oxygen atoms in total. The summed E-state index contributed by atoms with van der Waals surface area (Å²) in [5.41, 5.74) is 3.49. The fourth-order valence-corrected chi connectivity index (χ4v) is 3.22. The largest absolute Gasteiger partial charge is 0.490 e. The van der Waals surface area contributed by atoms with E-state index in [1.807, 2.05) is 68.4 Å². The molecule has 0 spiro atoms. The Balaban J connectivity index is 1.80. The summed E-state index contributed by atoms with van der Waals surface area (Å²) in [4.78, 5) is 12.6. The van der Waals surface area contributed by atoms with Gasteiger partial charge in [0.2, 0.25) is 0 Å². The lowest BCUT2D eigenvalue weighted by atomic mass is 10.1. The average Bonchev–Trinajstić information content (AvgIpc) is 2.69. The number of carbonyl (C=O) groups excluding carboxylic acids is 1. The van der Waals surface area contributed by atoms with Gasteiger partial charge in [0.05, 0.1) is 11.1 Å². The molecular formula is C23H22BrNO3. The number of para-hydroxylation sites is 1. The van der Waals surface area contributed by atoms with E-state index in [2.05, 4.69) is 21.2 Å². The quantitative estimate of drug-likeness (QED) is 0.491. The Morgan fingerprint density at radius 3 is 2.39 bits per heavy atom. The van der Waals surface area contributed by atoms with Crippen molar-refractivity contribution in [2.45, 2.75) is 20.5 Å². The Morgan fingerprint density at radius 2 is 1.71 bits per heavy atom. The maximum absolute atomic E-state index is 12.6. The third-order valence-electron chi connectivity index (χ3n) is 4.11. The van der Waals surface area contributed by atoms with Crippen LogP contribution >= 0.6 is 15.9 Å². The summed E-state index contributed by atoms with van der Waals surface area (Å²) in [5.74, 6) is 0.902. The van der Waals surface area contributed by atoms with Crippen LogP contribution in [-0.4, -0.2) is 12.5 Å². The molecule has 3 rings (SSSR count). The predicted molar refractivity (Wildman–Crippen MR) is 115 cm³/mol. The van der Waals surface area contributed by atoms with Crippen LogP contribution in [0.2, 0.25) is 0 Å². The molecule has 0 aliphatic carbocycles. The molecule has 3 aromatic rings. The fourth-order valence-electron chi connectivity index (χ4n) is 2.67. The van der Waals surface area contributed by atoms with Crippen molar-refractivity contribution >= 4 is 27.5 Å². The molecule has 3 aromatic carbocycles. The van der Waals surface area contributed by atoms with E-state index in [0.29, 0.717) is 34.7 Å². The number of nitrogens with one attached hydrogen (secondary N) is 1. The molecule has 0 saturated carbocycles. The Morgan fingerprint density at radius 1 is 1.00 bits per heavy atom. The summed E-state index contributed by atoms with van der Waals surface area (Å²) in [6.45, 7) is 4.83. The molecule has 144 valence electrons. The lowest BCUT2D eigenvalue weighted by Gasteiger charge is -2.15. The first-order valence-corrected chi connectivity index (χ1v) is 9.87. The van der Waals surface area contributed by atoms with Crippen LogP contribution in [0.1, 0.15) is 28.4 Å². The smallest absolute Gasteiger partial charge is 0.255 e. The van der Waals surface area contributed by atoms with Gasteiger partial charge in [0, 0.05) is 11.3 Å². The number of hydrogen-bond donors (Lipinski definition) is 1. The van der Waals surface area contributed by atoms with Gasteiger partial charge in [0.15, 0.2) is 11.5 Å². The van der Waals surface area contributed by atoms with Crippen LogP contribution in [0, 0.1) is 6.92 Å². The number of hydrogen-bond acceptors (Lipinski definition) is 3. The van der Waals surface area contributed by atoms with Gasteiger partial charge in [-0.05, 0) is 59.6 Å². The Kier molecular flexibility index (Phi) is 6.71. The minimum absolute atomic E-state index is 0.210. The second-order valence-corrected chi connectivity index (χ2v) is 7.17. The zero-order chi connectivity index (χ0) is 19.9. The molecule has 0 fully saturated rings. The SMILES string of the molecule is CCOc1cc(C(=O)Nc2ccccc2)cc(Br)c1OCc1ccc(C)cc1. The van der Waals surface area contributed by atoms with Crippen molar-refractivity contribution in [1.82, 2.24) is 0 Å². The predicted octanol–water partition coefficient (Wildman–Crippen LogP) is 5.99. The topological polar surface area (TPSA) is 47.6 Å². The van der Waals surface area contributed by atoms with Crippen molar-refractivity contribution in [2.24, 2.45) is 0 Å². The summed E-state index contributed by atoms with van der Waals surface area (Å²) in [7, 11) is 0. The molecule has 1 N–H and O–H groups in total. The highest BCUT2D eigenvalue weighted by atomic mass is 79.9. The summed E-state index contributed by atoms with van der Waals surface area (Å²) in [5, 5.41) is 2.88. The number of carbonyl (C=O) groups is 1. The number of benzene rings is 3. The fraction of sp³-hybridized carbons (Fsp3) is 0.174. The highest BCUT2D eigenvalue weighted by molar-refractivity contribution is 9.10. The zero-order valence-corrected chi connectivity index (χ0v) is 17.5. The molecule has 1 amide bonds. The Labute approximate surface area is 173 Å². The van der Waals surface area contributed by atoms with Crippen LogP contribution in [0.15, 0.2) is 71.2 Å². The molecule has 0 aliphatic heterocycles. The zero-order valence-electron chi connectivity index (χ0n) is 15.9. The Hall–Kier alpha value is -2.79. The van der Waals surface area contributed by atoms with Gasteiger partial charge >= 0.3 is 0 Å². The molecule has 0 heterocycles. The summed E-state index contributed by atoms with van der Waals surface area (Å²) in [6.07, 6.45) is 0. The third kappa shape index (κ3) is 5.14. The lowest BCUT2D eigenvalue weighted by molar-refractivity contribution is 0.102. The number of aryl methyl sites for hydroxylation is 1. The first-order valence-electron chi connectivity index (χ1n) is 9.08. The van der Waals surface area contributed by atoms with Crippen molar-refractivity contribution in [3.05, 3.63) is 87.9 Å². The van der Waals surface area contributed by atoms with E-state index in [0.717, 1.165) is 11.3 Å². The second-order valence-electron chi connectivity index (χ2n) is 6.31. The minimum Gasteiger partial charge on any atom is -0.490 e. The number of rotatable bonds is 7. The van der Waals surface area contributed by atoms with Crippen molar-refractivity contribution in [3.8, 4) is 11.5 Å². The van der Waals surface area contributed by atoms with E-state index < -0.39 is 0 Å². The van der Waals surface area contributed by atoms with Crippen LogP contribution in [0.3, 0.4) is 0 Å². The highest BCUT2D eigenvalue weighted by Gasteiger charge is 2.16. The van der Waals surface area contributed by atoms with Crippen molar-refractivity contribution in [1.29, 1.82) is 0 Å². The van der Waals surface area contributed by atoms with Gasteiger partial charge in [-0.2, -0.15) is 0 Å². The van der Waals surface area contributed by atoms with Gasteiger partial charge in [-0.3, -0.25) is 4.79 Å². The molecular weight excluding hydrogens is 418 g/mol. The van der Waals surface area contributed by atoms with E-state index in [1.54, 1.807) is 12.1 Å². The van der Waals surface area contributed by atoms with Crippen molar-refractivity contribution in [3.63, 3.8) is 0 Å². The maximum Gasteiger partial charge on any atom is 0.255 e. The summed E-state index contributed by atoms with van der Waals surface area (Å²) in [6, 6.07) is 20.9. The van der Waals surface area contributed by atoms with Gasteiger partial charge in [-0.15, -0.1) is 0 Å². The Bertz CT molecular complexity index is 940. The van der Waals surface area contributed by atoms with E-state index >= 15 is 0 Å². The van der Waals surface area contributed by atoms with Crippen LogP contribution in [-0.2, 0) is 6.61 Å². The average molecular weight is 440 g/mol. The highest BCUT2D eigenvalue weighted by Crippen LogP contribution is 2.37. The molecule has 0 aliphatic rings.